The molecule has 1 amide bonds. The van der Waals surface area contributed by atoms with Gasteiger partial charge in [0.25, 0.3) is 11.6 Å². The van der Waals surface area contributed by atoms with Crippen molar-refractivity contribution in [2.24, 2.45) is 0 Å². The molecule has 0 aliphatic carbocycles. The van der Waals surface area contributed by atoms with Crippen molar-refractivity contribution >= 4 is 39.0 Å². The minimum absolute atomic E-state index is 0.0131. The number of hydrogen-bond donors (Lipinski definition) is 2. The highest BCUT2D eigenvalue weighted by Crippen LogP contribution is 2.44. The van der Waals surface area contributed by atoms with Gasteiger partial charge in [0.1, 0.15) is 17.3 Å². The Kier molecular flexibility index (Phi) is 7.00. The van der Waals surface area contributed by atoms with Crippen LogP contribution in [0.3, 0.4) is 0 Å². The van der Waals surface area contributed by atoms with Gasteiger partial charge < -0.3 is 15.4 Å². The van der Waals surface area contributed by atoms with Gasteiger partial charge in [0.2, 0.25) is 0 Å². The van der Waals surface area contributed by atoms with Crippen molar-refractivity contribution in [1.29, 1.82) is 0 Å². The number of nitrogens with one attached hydrogen (secondary N) is 2. The Bertz CT molecular complexity index is 1530. The molecule has 0 spiro atoms. The zero-order valence-corrected chi connectivity index (χ0v) is 21.4. The highest BCUT2D eigenvalue weighted by molar-refractivity contribution is 9.10. The Morgan fingerprint density at radius 1 is 1.08 bits per heavy atom. The number of benzene rings is 3. The molecule has 0 bridgehead atoms. The van der Waals surface area contributed by atoms with Crippen LogP contribution in [0.5, 0.6) is 11.5 Å². The maximum absolute atomic E-state index is 14.0. The minimum atomic E-state index is -4.62. The zero-order chi connectivity index (χ0) is 27.7. The standard InChI is InChI=1S/C26H19BrF3N5O4/c27-16-8-6-15(7-9-16)21-13-23(26(28,29)30)34-24(32-21)14-22(33-34)25(36)31-17-10-18(35(37)38)12-20(11-17)39-19-4-2-1-3-5-19/h1-12,14,21,23,32H,13H2,(H,31,36). The number of carbonyl (C=O) groups excluding carboxylic acids is 1. The Balaban J connectivity index is 1.42. The van der Waals surface area contributed by atoms with Gasteiger partial charge in [-0.3, -0.25) is 14.9 Å². The summed E-state index contributed by atoms with van der Waals surface area (Å²) in [5.41, 5.74) is 0.0202. The van der Waals surface area contributed by atoms with E-state index in [1.54, 1.807) is 54.6 Å². The number of amides is 1. The van der Waals surface area contributed by atoms with Gasteiger partial charge in [-0.05, 0) is 29.8 Å². The van der Waals surface area contributed by atoms with Gasteiger partial charge in [-0.1, -0.05) is 46.3 Å². The number of fused-ring (bicyclic) bond motifs is 1. The van der Waals surface area contributed by atoms with Crippen LogP contribution in [0, 0.1) is 10.1 Å². The normalized spacial score (nSPS) is 16.6. The Hall–Kier alpha value is -4.39. The molecular formula is C26H19BrF3N5O4. The van der Waals surface area contributed by atoms with Crippen LogP contribution in [0.25, 0.3) is 0 Å². The van der Waals surface area contributed by atoms with Gasteiger partial charge in [0.15, 0.2) is 11.7 Å². The lowest BCUT2D eigenvalue weighted by Crippen LogP contribution is -2.35. The predicted molar refractivity (Wildman–Crippen MR) is 140 cm³/mol. The number of rotatable bonds is 6. The number of alkyl halides is 3. The molecule has 1 aromatic heterocycles. The molecule has 2 unspecified atom stereocenters. The summed E-state index contributed by atoms with van der Waals surface area (Å²) < 4.78 is 49.2. The van der Waals surface area contributed by atoms with Crippen LogP contribution in [0.1, 0.15) is 34.6 Å². The minimum Gasteiger partial charge on any atom is -0.457 e. The van der Waals surface area contributed by atoms with Crippen molar-refractivity contribution in [3.63, 3.8) is 0 Å². The van der Waals surface area contributed by atoms with Crippen LogP contribution in [-0.4, -0.2) is 26.8 Å². The van der Waals surface area contributed by atoms with Crippen molar-refractivity contribution in [2.45, 2.75) is 24.7 Å². The molecule has 4 aromatic rings. The van der Waals surface area contributed by atoms with Crippen molar-refractivity contribution in [3.8, 4) is 11.5 Å². The molecule has 39 heavy (non-hydrogen) atoms. The molecule has 0 fully saturated rings. The first kappa shape index (κ1) is 26.2. The summed E-state index contributed by atoms with van der Waals surface area (Å²) in [4.78, 5) is 23.8. The van der Waals surface area contributed by atoms with Gasteiger partial charge in [-0.25, -0.2) is 4.68 Å². The summed E-state index contributed by atoms with van der Waals surface area (Å²) in [5.74, 6) is -0.313. The van der Waals surface area contributed by atoms with E-state index in [4.69, 9.17) is 4.74 Å². The fourth-order valence-electron chi connectivity index (χ4n) is 4.24. The van der Waals surface area contributed by atoms with Gasteiger partial charge in [0.05, 0.1) is 22.7 Å². The molecule has 2 atom stereocenters. The third-order valence-electron chi connectivity index (χ3n) is 6.03. The average molecular weight is 602 g/mol. The predicted octanol–water partition coefficient (Wildman–Crippen LogP) is 7.26. The average Bonchev–Trinajstić information content (AvgIpc) is 3.33. The maximum atomic E-state index is 14.0. The smallest absolute Gasteiger partial charge is 0.410 e. The summed E-state index contributed by atoms with van der Waals surface area (Å²) in [6.07, 6.45) is -4.94. The molecular weight excluding hydrogens is 583 g/mol. The summed E-state index contributed by atoms with van der Waals surface area (Å²) in [7, 11) is 0. The molecule has 9 nitrogen and oxygen atoms in total. The molecule has 2 heterocycles. The number of aromatic nitrogens is 2. The van der Waals surface area contributed by atoms with Crippen LogP contribution in [-0.2, 0) is 0 Å². The molecule has 13 heteroatoms. The lowest BCUT2D eigenvalue weighted by atomic mass is 9.97. The second-order valence-corrected chi connectivity index (χ2v) is 9.66. The SMILES string of the molecule is O=C(Nc1cc(Oc2ccccc2)cc([N+](=O)[O-])c1)c1cc2n(n1)C(C(F)(F)F)CC(c1ccc(Br)cc1)N2. The first-order valence-electron chi connectivity index (χ1n) is 11.6. The summed E-state index contributed by atoms with van der Waals surface area (Å²) in [6, 6.07) is 17.7. The van der Waals surface area contributed by atoms with E-state index in [0.717, 1.165) is 15.2 Å². The second-order valence-electron chi connectivity index (χ2n) is 8.74. The summed E-state index contributed by atoms with van der Waals surface area (Å²) >= 11 is 3.31. The van der Waals surface area contributed by atoms with Crippen molar-refractivity contribution in [1.82, 2.24) is 9.78 Å². The zero-order valence-electron chi connectivity index (χ0n) is 19.9. The molecule has 0 saturated carbocycles. The van der Waals surface area contributed by atoms with E-state index in [9.17, 15) is 28.1 Å². The molecule has 5 rings (SSSR count). The van der Waals surface area contributed by atoms with Crippen molar-refractivity contribution in [2.75, 3.05) is 10.6 Å². The monoisotopic (exact) mass is 601 g/mol. The Morgan fingerprint density at radius 2 is 1.79 bits per heavy atom. The highest BCUT2D eigenvalue weighted by Gasteiger charge is 2.46. The van der Waals surface area contributed by atoms with E-state index in [1.165, 1.54) is 18.2 Å². The second kappa shape index (κ2) is 10.4. The first-order chi connectivity index (χ1) is 18.6. The third kappa shape index (κ3) is 5.87. The van der Waals surface area contributed by atoms with Crippen LogP contribution >= 0.6 is 15.9 Å². The highest BCUT2D eigenvalue weighted by atomic mass is 79.9. The molecule has 3 aromatic carbocycles. The van der Waals surface area contributed by atoms with Crippen molar-refractivity contribution in [3.05, 3.63) is 105 Å². The third-order valence-corrected chi connectivity index (χ3v) is 6.56. The molecule has 1 aliphatic heterocycles. The summed E-state index contributed by atoms with van der Waals surface area (Å²) in [5, 5.41) is 20.9. The van der Waals surface area contributed by atoms with Gasteiger partial charge in [-0.2, -0.15) is 18.3 Å². The summed E-state index contributed by atoms with van der Waals surface area (Å²) in [6.45, 7) is 0. The number of nitrogens with zero attached hydrogens (tertiary/aromatic N) is 3. The lowest BCUT2D eigenvalue weighted by molar-refractivity contribution is -0.384. The largest absolute Gasteiger partial charge is 0.457 e. The van der Waals surface area contributed by atoms with Crippen LogP contribution < -0.4 is 15.4 Å². The van der Waals surface area contributed by atoms with Crippen LogP contribution in [0.2, 0.25) is 0 Å². The van der Waals surface area contributed by atoms with E-state index in [1.807, 2.05) is 0 Å². The lowest BCUT2D eigenvalue weighted by Gasteiger charge is -2.33. The van der Waals surface area contributed by atoms with Gasteiger partial charge >= 0.3 is 6.18 Å². The fourth-order valence-corrected chi connectivity index (χ4v) is 4.50. The molecule has 1 aliphatic rings. The molecule has 200 valence electrons. The quantitative estimate of drug-likeness (QED) is 0.178. The first-order valence-corrected chi connectivity index (χ1v) is 12.4. The van der Waals surface area contributed by atoms with E-state index in [0.29, 0.717) is 11.3 Å². The topological polar surface area (TPSA) is 111 Å². The van der Waals surface area contributed by atoms with Gasteiger partial charge in [-0.15, -0.1) is 0 Å². The number of ether oxygens (including phenoxy) is 1. The van der Waals surface area contributed by atoms with Crippen molar-refractivity contribution < 1.29 is 27.6 Å². The number of nitro benzene ring substituents is 1. The Labute approximate surface area is 227 Å². The number of carbonyl (C=O) groups is 1. The number of anilines is 2. The number of nitro groups is 1. The fraction of sp³-hybridized carbons (Fsp3) is 0.154. The van der Waals surface area contributed by atoms with E-state index in [2.05, 4.69) is 31.7 Å². The molecule has 0 saturated heterocycles. The van der Waals surface area contributed by atoms with E-state index in [-0.39, 0.29) is 35.1 Å². The van der Waals surface area contributed by atoms with Gasteiger partial charge in [0, 0.05) is 29.1 Å². The van der Waals surface area contributed by atoms with E-state index >= 15 is 0 Å². The maximum Gasteiger partial charge on any atom is 0.410 e. The van der Waals surface area contributed by atoms with Crippen LogP contribution in [0.4, 0.5) is 30.4 Å². The molecule has 0 radical (unpaired) electrons. The number of halogens is 4. The number of non-ortho nitro benzene ring substituents is 1. The Morgan fingerprint density at radius 3 is 2.46 bits per heavy atom. The van der Waals surface area contributed by atoms with Crippen LogP contribution in [0.15, 0.2) is 83.3 Å². The number of para-hydroxylation sites is 1. The number of hydrogen-bond acceptors (Lipinski definition) is 6. The molecule has 2 N–H and O–H groups in total. The van der Waals surface area contributed by atoms with E-state index < -0.39 is 29.1 Å².